The first-order valence-electron chi connectivity index (χ1n) is 4.50. The van der Waals surface area contributed by atoms with Crippen LogP contribution in [-0.4, -0.2) is 22.4 Å². The molecule has 0 saturated heterocycles. The lowest BCUT2D eigenvalue weighted by Crippen LogP contribution is -2.10. The standard InChI is InChI=1S/C9H11F2N3/c1-5-2-8(13-4-12-5)14-7-3-6(7)9(10)11/h2,4,6-7,9H,3H2,1H3,(H,12,13,14)/t6-,7-/m0/s1. The Hall–Kier alpha value is -1.26. The molecule has 1 N–H and O–H groups in total. The van der Waals surface area contributed by atoms with Gasteiger partial charge in [-0.05, 0) is 13.3 Å². The van der Waals surface area contributed by atoms with E-state index in [2.05, 4.69) is 15.3 Å². The number of nitrogens with one attached hydrogen (secondary N) is 1. The van der Waals surface area contributed by atoms with Gasteiger partial charge in [0.2, 0.25) is 6.43 Å². The zero-order chi connectivity index (χ0) is 10.1. The third-order valence-corrected chi connectivity index (χ3v) is 2.30. The average Bonchev–Trinajstić information content (AvgIpc) is 2.84. The molecule has 1 heterocycles. The maximum atomic E-state index is 12.2. The van der Waals surface area contributed by atoms with E-state index in [1.807, 2.05) is 6.92 Å². The van der Waals surface area contributed by atoms with Crippen LogP contribution in [-0.2, 0) is 0 Å². The molecule has 1 saturated carbocycles. The number of aromatic nitrogens is 2. The number of rotatable bonds is 3. The Morgan fingerprint density at radius 3 is 2.86 bits per heavy atom. The molecule has 0 radical (unpaired) electrons. The SMILES string of the molecule is Cc1cc(N[C@H]2C[C@@H]2C(F)F)ncn1. The highest BCUT2D eigenvalue weighted by Crippen LogP contribution is 2.38. The molecule has 0 unspecified atom stereocenters. The van der Waals surface area contributed by atoms with Crippen molar-refractivity contribution >= 4 is 5.82 Å². The van der Waals surface area contributed by atoms with E-state index < -0.39 is 12.3 Å². The Morgan fingerprint density at radius 1 is 1.50 bits per heavy atom. The van der Waals surface area contributed by atoms with Crippen LogP contribution in [0.5, 0.6) is 0 Å². The van der Waals surface area contributed by atoms with Gasteiger partial charge in [-0.2, -0.15) is 0 Å². The van der Waals surface area contributed by atoms with Gasteiger partial charge in [0.1, 0.15) is 12.1 Å². The number of nitrogens with zero attached hydrogens (tertiary/aromatic N) is 2. The second-order valence-electron chi connectivity index (χ2n) is 3.53. The van der Waals surface area contributed by atoms with Crippen molar-refractivity contribution in [3.8, 4) is 0 Å². The van der Waals surface area contributed by atoms with Crippen molar-refractivity contribution < 1.29 is 8.78 Å². The molecule has 1 aliphatic rings. The molecule has 14 heavy (non-hydrogen) atoms. The number of halogens is 2. The molecule has 1 fully saturated rings. The van der Waals surface area contributed by atoms with Crippen LogP contribution in [0.3, 0.4) is 0 Å². The van der Waals surface area contributed by atoms with E-state index in [4.69, 9.17) is 0 Å². The summed E-state index contributed by atoms with van der Waals surface area (Å²) in [5.41, 5.74) is 0.830. The zero-order valence-corrected chi connectivity index (χ0v) is 7.74. The van der Waals surface area contributed by atoms with Gasteiger partial charge in [-0.25, -0.2) is 18.7 Å². The minimum absolute atomic E-state index is 0.121. The van der Waals surface area contributed by atoms with Crippen LogP contribution in [0.1, 0.15) is 12.1 Å². The fraction of sp³-hybridized carbons (Fsp3) is 0.556. The summed E-state index contributed by atoms with van der Waals surface area (Å²) in [6.45, 7) is 1.84. The number of anilines is 1. The molecule has 2 rings (SSSR count). The molecule has 0 spiro atoms. The summed E-state index contributed by atoms with van der Waals surface area (Å²) < 4.78 is 24.4. The Bertz CT molecular complexity index is 330. The molecule has 5 heteroatoms. The van der Waals surface area contributed by atoms with E-state index in [1.165, 1.54) is 6.33 Å². The number of hydrogen-bond donors (Lipinski definition) is 1. The van der Waals surface area contributed by atoms with Crippen molar-refractivity contribution in [1.29, 1.82) is 0 Å². The first-order valence-corrected chi connectivity index (χ1v) is 4.50. The van der Waals surface area contributed by atoms with E-state index in [0.717, 1.165) is 5.69 Å². The molecule has 1 aliphatic carbocycles. The van der Waals surface area contributed by atoms with E-state index >= 15 is 0 Å². The van der Waals surface area contributed by atoms with Crippen molar-refractivity contribution in [1.82, 2.24) is 9.97 Å². The monoisotopic (exact) mass is 199 g/mol. The average molecular weight is 199 g/mol. The van der Waals surface area contributed by atoms with Crippen LogP contribution in [0, 0.1) is 12.8 Å². The van der Waals surface area contributed by atoms with Crippen molar-refractivity contribution in [3.63, 3.8) is 0 Å². The molecule has 76 valence electrons. The van der Waals surface area contributed by atoms with Crippen molar-refractivity contribution in [2.24, 2.45) is 5.92 Å². The summed E-state index contributed by atoms with van der Waals surface area (Å²) in [5.74, 6) is 0.121. The van der Waals surface area contributed by atoms with Crippen molar-refractivity contribution in [2.75, 3.05) is 5.32 Å². The van der Waals surface area contributed by atoms with Gasteiger partial charge < -0.3 is 5.32 Å². The maximum Gasteiger partial charge on any atom is 0.243 e. The molecular weight excluding hydrogens is 188 g/mol. The molecule has 1 aromatic heterocycles. The minimum Gasteiger partial charge on any atom is -0.367 e. The first-order chi connectivity index (χ1) is 6.66. The van der Waals surface area contributed by atoms with Crippen LogP contribution < -0.4 is 5.32 Å². The van der Waals surface area contributed by atoms with Gasteiger partial charge in [-0.15, -0.1) is 0 Å². The molecule has 2 atom stereocenters. The van der Waals surface area contributed by atoms with E-state index in [1.54, 1.807) is 6.07 Å². The molecule has 0 bridgehead atoms. The van der Waals surface area contributed by atoms with Crippen LogP contribution >= 0.6 is 0 Å². The van der Waals surface area contributed by atoms with E-state index in [9.17, 15) is 8.78 Å². The van der Waals surface area contributed by atoms with Crippen LogP contribution in [0.2, 0.25) is 0 Å². The molecule has 1 aromatic rings. The molecule has 0 aromatic carbocycles. The van der Waals surface area contributed by atoms with Crippen LogP contribution in [0.15, 0.2) is 12.4 Å². The summed E-state index contributed by atoms with van der Waals surface area (Å²) in [7, 11) is 0. The largest absolute Gasteiger partial charge is 0.367 e. The minimum atomic E-state index is -2.23. The Kier molecular flexibility index (Phi) is 2.31. The maximum absolute atomic E-state index is 12.2. The fourth-order valence-electron chi connectivity index (χ4n) is 1.38. The van der Waals surface area contributed by atoms with E-state index in [0.29, 0.717) is 12.2 Å². The lowest BCUT2D eigenvalue weighted by Gasteiger charge is -2.04. The van der Waals surface area contributed by atoms with Crippen molar-refractivity contribution in [3.05, 3.63) is 18.1 Å². The molecule has 0 amide bonds. The predicted octanol–water partition coefficient (Wildman–Crippen LogP) is 1.85. The lowest BCUT2D eigenvalue weighted by atomic mass is 10.4. The van der Waals surface area contributed by atoms with Gasteiger partial charge in [0.05, 0.1) is 0 Å². The highest BCUT2D eigenvalue weighted by molar-refractivity contribution is 5.37. The first kappa shape index (κ1) is 9.30. The van der Waals surface area contributed by atoms with Gasteiger partial charge >= 0.3 is 0 Å². The smallest absolute Gasteiger partial charge is 0.243 e. The lowest BCUT2D eigenvalue weighted by molar-refractivity contribution is 0.121. The summed E-state index contributed by atoms with van der Waals surface area (Å²) in [6, 6.07) is 1.63. The Balaban J connectivity index is 1.93. The van der Waals surface area contributed by atoms with Gasteiger partial charge in [0, 0.05) is 23.7 Å². The third-order valence-electron chi connectivity index (χ3n) is 2.30. The van der Waals surface area contributed by atoms with Crippen LogP contribution in [0.4, 0.5) is 14.6 Å². The number of hydrogen-bond acceptors (Lipinski definition) is 3. The van der Waals surface area contributed by atoms with Crippen molar-refractivity contribution in [2.45, 2.75) is 25.8 Å². The summed E-state index contributed by atoms with van der Waals surface area (Å²) >= 11 is 0. The normalized spacial score (nSPS) is 25.1. The summed E-state index contributed by atoms with van der Waals surface area (Å²) in [6.07, 6.45) is -0.270. The predicted molar refractivity (Wildman–Crippen MR) is 48.3 cm³/mol. The fourth-order valence-corrected chi connectivity index (χ4v) is 1.38. The third kappa shape index (κ3) is 1.97. The zero-order valence-electron chi connectivity index (χ0n) is 7.74. The molecule has 0 aliphatic heterocycles. The molecule has 3 nitrogen and oxygen atoms in total. The Morgan fingerprint density at radius 2 is 2.29 bits per heavy atom. The van der Waals surface area contributed by atoms with Gasteiger partial charge in [-0.3, -0.25) is 0 Å². The Labute approximate surface area is 80.6 Å². The number of aryl methyl sites for hydroxylation is 1. The van der Waals surface area contributed by atoms with E-state index in [-0.39, 0.29) is 6.04 Å². The highest BCUT2D eigenvalue weighted by Gasteiger charge is 2.44. The topological polar surface area (TPSA) is 37.8 Å². The van der Waals surface area contributed by atoms with Gasteiger partial charge in [0.15, 0.2) is 0 Å². The van der Waals surface area contributed by atoms with Gasteiger partial charge in [0.25, 0.3) is 0 Å². The van der Waals surface area contributed by atoms with Crippen LogP contribution in [0.25, 0.3) is 0 Å². The van der Waals surface area contributed by atoms with Gasteiger partial charge in [-0.1, -0.05) is 0 Å². The second-order valence-corrected chi connectivity index (χ2v) is 3.53. The molecular formula is C9H11F2N3. The summed E-state index contributed by atoms with van der Waals surface area (Å²) in [4.78, 5) is 7.87. The second kappa shape index (κ2) is 3.48. The highest BCUT2D eigenvalue weighted by atomic mass is 19.3. The quantitative estimate of drug-likeness (QED) is 0.807. The summed E-state index contributed by atoms with van der Waals surface area (Å²) in [5, 5.41) is 2.96. The number of alkyl halides is 2.